The van der Waals surface area contributed by atoms with E-state index >= 15 is 0 Å². The smallest absolute Gasteiger partial charge is 0.210 e. The van der Waals surface area contributed by atoms with Crippen molar-refractivity contribution in [1.29, 1.82) is 0 Å². The van der Waals surface area contributed by atoms with E-state index in [0.717, 1.165) is 0 Å². The summed E-state index contributed by atoms with van der Waals surface area (Å²) < 4.78 is 4.91. The molecule has 0 heterocycles. The molecule has 0 unspecified atom stereocenters. The van der Waals surface area contributed by atoms with Gasteiger partial charge in [-0.3, -0.25) is 0 Å². The third-order valence-electron chi connectivity index (χ3n) is 1.34. The van der Waals surface area contributed by atoms with Crippen LogP contribution in [0.2, 0.25) is 0 Å². The summed E-state index contributed by atoms with van der Waals surface area (Å²) in [6.45, 7) is 0. The van der Waals surface area contributed by atoms with E-state index in [1.54, 1.807) is 6.07 Å². The van der Waals surface area contributed by atoms with Crippen molar-refractivity contribution in [2.75, 3.05) is 14.2 Å². The molecule has 0 bridgehead atoms. The van der Waals surface area contributed by atoms with E-state index in [0.29, 0.717) is 5.75 Å². The molecule has 0 fully saturated rings. The summed E-state index contributed by atoms with van der Waals surface area (Å²) >= 11 is 0. The zero-order valence-corrected chi connectivity index (χ0v) is 6.90. The van der Waals surface area contributed by atoms with Crippen molar-refractivity contribution in [2.24, 2.45) is 0 Å². The number of hydrogen-bond acceptors (Lipinski definition) is 4. The minimum Gasteiger partial charge on any atom is -0.504 e. The Labute approximate surface area is 70.2 Å². The molecule has 0 radical (unpaired) electrons. The normalized spacial score (nSPS) is 9.50. The van der Waals surface area contributed by atoms with E-state index in [-0.39, 0.29) is 11.5 Å². The number of aromatic hydroxyl groups is 1. The largest absolute Gasteiger partial charge is 0.504 e. The number of methoxy groups -OCH3 is 1. The molecule has 4 nitrogen and oxygen atoms in total. The number of phenols is 1. The molecule has 0 aliphatic carbocycles. The van der Waals surface area contributed by atoms with Gasteiger partial charge in [-0.1, -0.05) is 0 Å². The SMILES string of the molecule is COOc1cc(OC)ccc1O. The fraction of sp³-hybridized carbons (Fsp3) is 0.250. The Hall–Kier alpha value is -1.42. The molecule has 1 N–H and O–H groups in total. The molecule has 0 saturated carbocycles. The molecule has 0 aromatic heterocycles. The van der Waals surface area contributed by atoms with Gasteiger partial charge in [0.2, 0.25) is 5.75 Å². The second-order valence-corrected chi connectivity index (χ2v) is 2.08. The van der Waals surface area contributed by atoms with Crippen LogP contribution in [-0.4, -0.2) is 19.3 Å². The second kappa shape index (κ2) is 3.82. The van der Waals surface area contributed by atoms with Crippen LogP contribution in [0.1, 0.15) is 0 Å². The van der Waals surface area contributed by atoms with Gasteiger partial charge in [-0.15, -0.1) is 0 Å². The Kier molecular flexibility index (Phi) is 2.76. The summed E-state index contributed by atoms with van der Waals surface area (Å²) in [5.74, 6) is 0.842. The Morgan fingerprint density at radius 2 is 2.00 bits per heavy atom. The van der Waals surface area contributed by atoms with E-state index in [1.807, 2.05) is 0 Å². The van der Waals surface area contributed by atoms with Crippen molar-refractivity contribution in [1.82, 2.24) is 0 Å². The van der Waals surface area contributed by atoms with Gasteiger partial charge in [-0.2, -0.15) is 4.89 Å². The molecule has 12 heavy (non-hydrogen) atoms. The Morgan fingerprint density at radius 3 is 2.58 bits per heavy atom. The first kappa shape index (κ1) is 8.67. The second-order valence-electron chi connectivity index (χ2n) is 2.08. The Morgan fingerprint density at radius 1 is 1.25 bits per heavy atom. The average Bonchev–Trinajstić information content (AvgIpc) is 2.09. The van der Waals surface area contributed by atoms with Crippen molar-refractivity contribution in [3.05, 3.63) is 18.2 Å². The topological polar surface area (TPSA) is 47.9 Å². The van der Waals surface area contributed by atoms with Crippen LogP contribution >= 0.6 is 0 Å². The first-order valence-corrected chi connectivity index (χ1v) is 3.35. The van der Waals surface area contributed by atoms with Gasteiger partial charge in [0, 0.05) is 6.07 Å². The fourth-order valence-electron chi connectivity index (χ4n) is 0.778. The lowest BCUT2D eigenvalue weighted by molar-refractivity contribution is -0.179. The molecule has 0 aliphatic rings. The lowest BCUT2D eigenvalue weighted by Crippen LogP contribution is -1.91. The predicted octanol–water partition coefficient (Wildman–Crippen LogP) is 1.34. The van der Waals surface area contributed by atoms with Crippen LogP contribution in [0.15, 0.2) is 18.2 Å². The van der Waals surface area contributed by atoms with Crippen LogP contribution in [0.3, 0.4) is 0 Å². The van der Waals surface area contributed by atoms with Gasteiger partial charge in [0.25, 0.3) is 0 Å². The predicted molar refractivity (Wildman–Crippen MR) is 42.3 cm³/mol. The number of hydrogen-bond donors (Lipinski definition) is 1. The highest BCUT2D eigenvalue weighted by atomic mass is 17.2. The Balaban J connectivity index is 2.91. The lowest BCUT2D eigenvalue weighted by atomic mass is 10.3. The van der Waals surface area contributed by atoms with E-state index in [1.165, 1.54) is 26.4 Å². The van der Waals surface area contributed by atoms with Gasteiger partial charge in [-0.05, 0) is 12.1 Å². The third kappa shape index (κ3) is 1.79. The maximum atomic E-state index is 9.20. The van der Waals surface area contributed by atoms with E-state index in [2.05, 4.69) is 9.78 Å². The molecule has 1 aromatic rings. The minimum absolute atomic E-state index is 0.0117. The molecular formula is C8H10O4. The van der Waals surface area contributed by atoms with Crippen LogP contribution in [0, 0.1) is 0 Å². The Bertz CT molecular complexity index is 259. The molecular weight excluding hydrogens is 160 g/mol. The molecule has 4 heteroatoms. The maximum absolute atomic E-state index is 9.20. The molecule has 0 amide bonds. The van der Waals surface area contributed by atoms with Crippen LogP contribution in [0.25, 0.3) is 0 Å². The first-order valence-electron chi connectivity index (χ1n) is 3.35. The van der Waals surface area contributed by atoms with Gasteiger partial charge in [-0.25, -0.2) is 0 Å². The quantitative estimate of drug-likeness (QED) is 0.549. The highest BCUT2D eigenvalue weighted by molar-refractivity contribution is 5.44. The van der Waals surface area contributed by atoms with Crippen LogP contribution in [0.5, 0.6) is 17.2 Å². The monoisotopic (exact) mass is 170 g/mol. The van der Waals surface area contributed by atoms with Gasteiger partial charge in [0.15, 0.2) is 5.75 Å². The molecule has 0 saturated heterocycles. The van der Waals surface area contributed by atoms with E-state index in [4.69, 9.17) is 4.74 Å². The summed E-state index contributed by atoms with van der Waals surface area (Å²) in [7, 11) is 2.89. The van der Waals surface area contributed by atoms with E-state index in [9.17, 15) is 5.11 Å². The van der Waals surface area contributed by atoms with Crippen LogP contribution in [0.4, 0.5) is 0 Å². The number of rotatable bonds is 3. The standard InChI is InChI=1S/C8H10O4/c1-10-6-3-4-7(9)8(5-6)12-11-2/h3-5,9H,1-2H3. The summed E-state index contributed by atoms with van der Waals surface area (Å²) in [6, 6.07) is 4.61. The van der Waals surface area contributed by atoms with Crippen molar-refractivity contribution in [3.8, 4) is 17.2 Å². The summed E-state index contributed by atoms with van der Waals surface area (Å²) in [6.07, 6.45) is 0. The number of phenolic OH excluding ortho intramolecular Hbond substituents is 1. The highest BCUT2D eigenvalue weighted by Crippen LogP contribution is 2.29. The first-order chi connectivity index (χ1) is 5.77. The van der Waals surface area contributed by atoms with Gasteiger partial charge in [0.1, 0.15) is 5.75 Å². The van der Waals surface area contributed by atoms with Crippen LogP contribution < -0.4 is 9.62 Å². The molecule has 1 aromatic carbocycles. The average molecular weight is 170 g/mol. The highest BCUT2D eigenvalue weighted by Gasteiger charge is 2.03. The fourth-order valence-corrected chi connectivity index (χ4v) is 0.778. The summed E-state index contributed by atoms with van der Waals surface area (Å²) in [4.78, 5) is 9.04. The lowest BCUT2D eigenvalue weighted by Gasteiger charge is -2.05. The minimum atomic E-state index is 0.0117. The third-order valence-corrected chi connectivity index (χ3v) is 1.34. The molecule has 0 aliphatic heterocycles. The molecule has 0 spiro atoms. The van der Waals surface area contributed by atoms with Crippen molar-refractivity contribution >= 4 is 0 Å². The van der Waals surface area contributed by atoms with Crippen LogP contribution in [-0.2, 0) is 4.89 Å². The van der Waals surface area contributed by atoms with Gasteiger partial charge in [0.05, 0.1) is 14.2 Å². The molecule has 66 valence electrons. The number of ether oxygens (including phenoxy) is 1. The number of benzene rings is 1. The molecule has 1 rings (SSSR count). The van der Waals surface area contributed by atoms with Gasteiger partial charge < -0.3 is 14.7 Å². The van der Waals surface area contributed by atoms with Crippen molar-refractivity contribution in [3.63, 3.8) is 0 Å². The van der Waals surface area contributed by atoms with Gasteiger partial charge >= 0.3 is 0 Å². The zero-order valence-electron chi connectivity index (χ0n) is 6.90. The van der Waals surface area contributed by atoms with E-state index < -0.39 is 0 Å². The zero-order chi connectivity index (χ0) is 8.97. The maximum Gasteiger partial charge on any atom is 0.210 e. The van der Waals surface area contributed by atoms with Crippen molar-refractivity contribution in [2.45, 2.75) is 0 Å². The molecule has 0 atom stereocenters. The summed E-state index contributed by atoms with van der Waals surface area (Å²) in [5, 5.41) is 9.20. The van der Waals surface area contributed by atoms with Crippen molar-refractivity contribution < 1.29 is 19.6 Å². The summed E-state index contributed by atoms with van der Waals surface area (Å²) in [5.41, 5.74) is 0.